The molecule has 15 heavy (non-hydrogen) atoms. The summed E-state index contributed by atoms with van der Waals surface area (Å²) in [5.74, 6) is 2.19. The van der Waals surface area contributed by atoms with E-state index in [1.807, 2.05) is 0 Å². The van der Waals surface area contributed by atoms with Crippen molar-refractivity contribution in [3.8, 4) is 0 Å². The van der Waals surface area contributed by atoms with Crippen molar-refractivity contribution in [3.63, 3.8) is 0 Å². The van der Waals surface area contributed by atoms with Crippen LogP contribution in [0.25, 0.3) is 0 Å². The Kier molecular flexibility index (Phi) is 3.72. The van der Waals surface area contributed by atoms with Crippen LogP contribution in [0.3, 0.4) is 0 Å². The summed E-state index contributed by atoms with van der Waals surface area (Å²) >= 11 is 0. The predicted molar refractivity (Wildman–Crippen MR) is 57.8 cm³/mol. The molecule has 1 saturated heterocycles. The van der Waals surface area contributed by atoms with Crippen LogP contribution in [-0.2, 0) is 6.42 Å². The highest BCUT2D eigenvalue weighted by molar-refractivity contribution is 4.95. The van der Waals surface area contributed by atoms with Crippen molar-refractivity contribution >= 4 is 0 Å². The van der Waals surface area contributed by atoms with Crippen LogP contribution < -0.4 is 5.32 Å². The number of hydrogen-bond acceptors (Lipinski definition) is 4. The Hall–Kier alpha value is -0.900. The van der Waals surface area contributed by atoms with Crippen LogP contribution in [-0.4, -0.2) is 23.2 Å². The van der Waals surface area contributed by atoms with E-state index in [0.29, 0.717) is 5.92 Å². The highest BCUT2D eigenvalue weighted by atomic mass is 16.5. The van der Waals surface area contributed by atoms with Gasteiger partial charge in [0.2, 0.25) is 5.89 Å². The molecule has 1 aromatic heterocycles. The molecule has 0 radical (unpaired) electrons. The number of hydrogen-bond donors (Lipinski definition) is 1. The molecule has 2 rings (SSSR count). The second kappa shape index (κ2) is 5.26. The van der Waals surface area contributed by atoms with Crippen LogP contribution in [0.1, 0.15) is 50.2 Å². The van der Waals surface area contributed by atoms with E-state index in [2.05, 4.69) is 22.4 Å². The molecule has 0 amide bonds. The highest BCUT2D eigenvalue weighted by Gasteiger charge is 2.19. The largest absolute Gasteiger partial charge is 0.339 e. The van der Waals surface area contributed by atoms with Gasteiger partial charge in [0.25, 0.3) is 0 Å². The molecule has 1 aliphatic heterocycles. The van der Waals surface area contributed by atoms with Gasteiger partial charge in [0.05, 0.1) is 0 Å². The Morgan fingerprint density at radius 3 is 3.20 bits per heavy atom. The third-order valence-electron chi connectivity index (χ3n) is 2.88. The minimum absolute atomic E-state index is 0.470. The lowest BCUT2D eigenvalue weighted by Gasteiger charge is -2.06. The van der Waals surface area contributed by atoms with Crippen molar-refractivity contribution in [2.75, 3.05) is 13.1 Å². The molecular formula is C11H19N3O. The first-order valence-electron chi connectivity index (χ1n) is 5.93. The number of aromatic nitrogens is 2. The lowest BCUT2D eigenvalue weighted by molar-refractivity contribution is 0.339. The van der Waals surface area contributed by atoms with Gasteiger partial charge in [-0.05, 0) is 38.8 Å². The summed E-state index contributed by atoms with van der Waals surface area (Å²) in [6.45, 7) is 4.31. The zero-order valence-corrected chi connectivity index (χ0v) is 9.33. The molecule has 84 valence electrons. The molecule has 1 atom stereocenters. The van der Waals surface area contributed by atoms with Gasteiger partial charge in [-0.1, -0.05) is 12.1 Å². The summed E-state index contributed by atoms with van der Waals surface area (Å²) in [7, 11) is 0. The van der Waals surface area contributed by atoms with Crippen molar-refractivity contribution in [2.45, 2.75) is 44.9 Å². The quantitative estimate of drug-likeness (QED) is 0.825. The zero-order valence-electron chi connectivity index (χ0n) is 9.33. The Balaban J connectivity index is 2.00. The first-order chi connectivity index (χ1) is 7.40. The normalized spacial score (nSPS) is 22.6. The van der Waals surface area contributed by atoms with Gasteiger partial charge in [-0.25, -0.2) is 0 Å². The molecule has 0 unspecified atom stereocenters. The fraction of sp³-hybridized carbons (Fsp3) is 0.818. The van der Waals surface area contributed by atoms with Crippen LogP contribution in [0.2, 0.25) is 0 Å². The second-order valence-corrected chi connectivity index (χ2v) is 4.18. The standard InChI is InChI=1S/C11H19N3O/c1-2-4-10-13-11(15-14-10)9-5-3-7-12-8-6-9/h9,12H,2-8H2,1H3/t9-/m0/s1. The summed E-state index contributed by atoms with van der Waals surface area (Å²) in [6, 6.07) is 0. The van der Waals surface area contributed by atoms with Crippen molar-refractivity contribution < 1.29 is 4.52 Å². The van der Waals surface area contributed by atoms with Crippen molar-refractivity contribution in [1.82, 2.24) is 15.5 Å². The van der Waals surface area contributed by atoms with Gasteiger partial charge in [0, 0.05) is 12.3 Å². The zero-order chi connectivity index (χ0) is 10.5. The molecule has 0 aromatic carbocycles. The average Bonchev–Trinajstić information content (AvgIpc) is 2.53. The maximum absolute atomic E-state index is 5.32. The highest BCUT2D eigenvalue weighted by Crippen LogP contribution is 2.24. The van der Waals surface area contributed by atoms with Crippen molar-refractivity contribution in [1.29, 1.82) is 0 Å². The molecule has 1 aromatic rings. The third kappa shape index (κ3) is 2.78. The third-order valence-corrected chi connectivity index (χ3v) is 2.88. The van der Waals surface area contributed by atoms with E-state index in [1.54, 1.807) is 0 Å². The summed E-state index contributed by atoms with van der Waals surface area (Å²) in [6.07, 6.45) is 5.49. The SMILES string of the molecule is CCCc1noc([C@H]2CCCNCC2)n1. The van der Waals surface area contributed by atoms with Gasteiger partial charge in [-0.3, -0.25) is 0 Å². The first kappa shape index (κ1) is 10.6. The van der Waals surface area contributed by atoms with E-state index in [9.17, 15) is 0 Å². The number of aryl methyl sites for hydroxylation is 1. The number of rotatable bonds is 3. The topological polar surface area (TPSA) is 51.0 Å². The Bertz CT molecular complexity index is 290. The van der Waals surface area contributed by atoms with Crippen molar-refractivity contribution in [2.24, 2.45) is 0 Å². The fourth-order valence-corrected chi connectivity index (χ4v) is 2.02. The Morgan fingerprint density at radius 2 is 2.33 bits per heavy atom. The van der Waals surface area contributed by atoms with Crippen molar-refractivity contribution in [3.05, 3.63) is 11.7 Å². The summed E-state index contributed by atoms with van der Waals surface area (Å²) in [5.41, 5.74) is 0. The van der Waals surface area contributed by atoms with E-state index in [0.717, 1.165) is 44.1 Å². The fourth-order valence-electron chi connectivity index (χ4n) is 2.02. The monoisotopic (exact) mass is 209 g/mol. The Morgan fingerprint density at radius 1 is 1.40 bits per heavy atom. The van der Waals surface area contributed by atoms with E-state index < -0.39 is 0 Å². The van der Waals surface area contributed by atoms with Gasteiger partial charge in [-0.2, -0.15) is 4.98 Å². The predicted octanol–water partition coefficient (Wildman–Crippen LogP) is 1.88. The average molecular weight is 209 g/mol. The molecule has 4 heteroatoms. The van der Waals surface area contributed by atoms with Crippen LogP contribution in [0.15, 0.2) is 4.52 Å². The summed E-state index contributed by atoms with van der Waals surface area (Å²) in [4.78, 5) is 4.46. The first-order valence-corrected chi connectivity index (χ1v) is 5.93. The van der Waals surface area contributed by atoms with Crippen LogP contribution in [0.5, 0.6) is 0 Å². The molecular weight excluding hydrogens is 190 g/mol. The minimum atomic E-state index is 0.470. The molecule has 2 heterocycles. The van der Waals surface area contributed by atoms with E-state index in [-0.39, 0.29) is 0 Å². The molecule has 0 aliphatic carbocycles. The lowest BCUT2D eigenvalue weighted by atomic mass is 10.0. The maximum Gasteiger partial charge on any atom is 0.229 e. The number of nitrogens with zero attached hydrogens (tertiary/aromatic N) is 2. The van der Waals surface area contributed by atoms with Crippen LogP contribution in [0.4, 0.5) is 0 Å². The smallest absolute Gasteiger partial charge is 0.229 e. The molecule has 0 spiro atoms. The summed E-state index contributed by atoms with van der Waals surface area (Å²) in [5, 5.41) is 7.39. The summed E-state index contributed by atoms with van der Waals surface area (Å²) < 4.78 is 5.32. The molecule has 4 nitrogen and oxygen atoms in total. The second-order valence-electron chi connectivity index (χ2n) is 4.18. The lowest BCUT2D eigenvalue weighted by Crippen LogP contribution is -2.13. The molecule has 0 bridgehead atoms. The van der Waals surface area contributed by atoms with E-state index in [4.69, 9.17) is 4.52 Å². The molecule has 0 saturated carbocycles. The van der Waals surface area contributed by atoms with Gasteiger partial charge in [-0.15, -0.1) is 0 Å². The van der Waals surface area contributed by atoms with E-state index >= 15 is 0 Å². The van der Waals surface area contributed by atoms with Gasteiger partial charge < -0.3 is 9.84 Å². The van der Waals surface area contributed by atoms with Crippen LogP contribution in [0, 0.1) is 0 Å². The minimum Gasteiger partial charge on any atom is -0.339 e. The Labute approximate surface area is 90.4 Å². The van der Waals surface area contributed by atoms with Gasteiger partial charge in [0.15, 0.2) is 5.82 Å². The van der Waals surface area contributed by atoms with Crippen LogP contribution >= 0.6 is 0 Å². The molecule has 1 N–H and O–H groups in total. The van der Waals surface area contributed by atoms with Gasteiger partial charge >= 0.3 is 0 Å². The molecule has 1 fully saturated rings. The molecule has 1 aliphatic rings. The van der Waals surface area contributed by atoms with E-state index in [1.165, 1.54) is 12.8 Å². The maximum atomic E-state index is 5.32. The number of nitrogens with one attached hydrogen (secondary N) is 1. The van der Waals surface area contributed by atoms with Gasteiger partial charge in [0.1, 0.15) is 0 Å².